The first-order valence-corrected chi connectivity index (χ1v) is 6.72. The normalized spacial score (nSPS) is 10.8. The Morgan fingerprint density at radius 1 is 1.10 bits per heavy atom. The van der Waals surface area contributed by atoms with E-state index >= 15 is 0 Å². The molecule has 2 N–H and O–H groups in total. The van der Waals surface area contributed by atoms with E-state index in [0.717, 1.165) is 23.4 Å². The first kappa shape index (κ1) is 14.5. The maximum Gasteiger partial charge on any atom is 0.146 e. The smallest absolute Gasteiger partial charge is 0.146 e. The van der Waals surface area contributed by atoms with Crippen LogP contribution in [0.4, 0.5) is 0 Å². The second-order valence-corrected chi connectivity index (χ2v) is 4.97. The van der Waals surface area contributed by atoms with Gasteiger partial charge in [0.1, 0.15) is 11.5 Å². The summed E-state index contributed by atoms with van der Waals surface area (Å²) in [6.07, 6.45) is 3.52. The lowest BCUT2D eigenvalue weighted by Crippen LogP contribution is -2.21. The molecule has 0 aliphatic carbocycles. The van der Waals surface area contributed by atoms with E-state index in [-0.39, 0.29) is 6.61 Å². The minimum absolute atomic E-state index is 0.0399. The van der Waals surface area contributed by atoms with Crippen LogP contribution in [0.2, 0.25) is 0 Å². The number of ether oxygens (including phenoxy) is 1. The molecule has 0 bridgehead atoms. The van der Waals surface area contributed by atoms with Crippen LogP contribution in [0.5, 0.6) is 11.5 Å². The van der Waals surface area contributed by atoms with Crippen LogP contribution >= 0.6 is 0 Å². The van der Waals surface area contributed by atoms with Crippen molar-refractivity contribution in [2.24, 2.45) is 0 Å². The van der Waals surface area contributed by atoms with Crippen molar-refractivity contribution in [2.75, 3.05) is 0 Å². The van der Waals surface area contributed by atoms with Gasteiger partial charge in [0.15, 0.2) is 0 Å². The second-order valence-electron chi connectivity index (χ2n) is 4.97. The van der Waals surface area contributed by atoms with Gasteiger partial charge in [0.05, 0.1) is 12.8 Å². The predicted molar refractivity (Wildman–Crippen MR) is 78.7 cm³/mol. The first-order valence-electron chi connectivity index (χ1n) is 6.72. The van der Waals surface area contributed by atoms with Gasteiger partial charge in [0, 0.05) is 18.8 Å². The van der Waals surface area contributed by atoms with Crippen LogP contribution in [0.1, 0.15) is 25.0 Å². The van der Waals surface area contributed by atoms with E-state index in [2.05, 4.69) is 24.1 Å². The number of aliphatic hydroxyl groups excluding tert-OH is 1. The van der Waals surface area contributed by atoms with Crippen LogP contribution in [0.25, 0.3) is 0 Å². The van der Waals surface area contributed by atoms with E-state index in [0.29, 0.717) is 11.8 Å². The molecule has 0 aliphatic rings. The largest absolute Gasteiger partial charge is 0.456 e. The molecule has 0 saturated carbocycles. The van der Waals surface area contributed by atoms with Crippen LogP contribution in [0.15, 0.2) is 42.7 Å². The fraction of sp³-hybridized carbons (Fsp3) is 0.312. The molecule has 4 nitrogen and oxygen atoms in total. The van der Waals surface area contributed by atoms with E-state index in [1.807, 2.05) is 36.5 Å². The fourth-order valence-electron chi connectivity index (χ4n) is 1.74. The van der Waals surface area contributed by atoms with Crippen molar-refractivity contribution in [3.8, 4) is 11.5 Å². The molecule has 0 saturated heterocycles. The summed E-state index contributed by atoms with van der Waals surface area (Å²) in [5.74, 6) is 1.45. The third kappa shape index (κ3) is 4.33. The Balaban J connectivity index is 2.02. The number of benzene rings is 1. The number of hydrogen-bond acceptors (Lipinski definition) is 4. The summed E-state index contributed by atoms with van der Waals surface area (Å²) in [6, 6.07) is 9.77. The van der Waals surface area contributed by atoms with Gasteiger partial charge in [0.25, 0.3) is 0 Å². The molecular weight excluding hydrogens is 252 g/mol. The summed E-state index contributed by atoms with van der Waals surface area (Å²) >= 11 is 0. The Morgan fingerprint density at radius 2 is 1.85 bits per heavy atom. The molecule has 2 rings (SSSR count). The molecule has 0 unspecified atom stereocenters. The Labute approximate surface area is 119 Å². The van der Waals surface area contributed by atoms with Crippen LogP contribution in [-0.4, -0.2) is 16.1 Å². The Bertz CT molecular complexity index is 538. The predicted octanol–water partition coefficient (Wildman–Crippen LogP) is 2.86. The van der Waals surface area contributed by atoms with Gasteiger partial charge in [-0.3, -0.25) is 4.98 Å². The number of aliphatic hydroxyl groups is 1. The van der Waals surface area contributed by atoms with E-state index in [1.165, 1.54) is 0 Å². The first-order chi connectivity index (χ1) is 9.67. The van der Waals surface area contributed by atoms with Crippen molar-refractivity contribution in [3.05, 3.63) is 53.9 Å². The zero-order chi connectivity index (χ0) is 14.4. The quantitative estimate of drug-likeness (QED) is 0.849. The summed E-state index contributed by atoms with van der Waals surface area (Å²) in [7, 11) is 0. The zero-order valence-electron chi connectivity index (χ0n) is 11.8. The molecular formula is C16H20N2O2. The highest BCUT2D eigenvalue weighted by molar-refractivity contribution is 5.33. The third-order valence-electron chi connectivity index (χ3n) is 2.83. The molecule has 0 fully saturated rings. The number of nitrogens with zero attached hydrogens (tertiary/aromatic N) is 1. The van der Waals surface area contributed by atoms with Crippen molar-refractivity contribution in [3.63, 3.8) is 0 Å². The van der Waals surface area contributed by atoms with E-state index in [4.69, 9.17) is 9.84 Å². The number of nitrogens with one attached hydrogen (secondary N) is 1. The lowest BCUT2D eigenvalue weighted by Gasteiger charge is -2.10. The molecule has 0 aliphatic heterocycles. The Hall–Kier alpha value is -1.91. The van der Waals surface area contributed by atoms with Crippen molar-refractivity contribution >= 4 is 0 Å². The summed E-state index contributed by atoms with van der Waals surface area (Å²) in [5.41, 5.74) is 1.95. The maximum absolute atomic E-state index is 9.00. The fourth-order valence-corrected chi connectivity index (χ4v) is 1.74. The van der Waals surface area contributed by atoms with Gasteiger partial charge in [-0.2, -0.15) is 0 Å². The van der Waals surface area contributed by atoms with Gasteiger partial charge in [-0.05, 0) is 29.3 Å². The molecule has 106 valence electrons. The molecule has 0 amide bonds. The van der Waals surface area contributed by atoms with Crippen molar-refractivity contribution in [2.45, 2.75) is 33.0 Å². The highest BCUT2D eigenvalue weighted by Crippen LogP contribution is 2.21. The third-order valence-corrected chi connectivity index (χ3v) is 2.83. The second kappa shape index (κ2) is 7.03. The average Bonchev–Trinajstić information content (AvgIpc) is 2.46. The highest BCUT2D eigenvalue weighted by atomic mass is 16.5. The van der Waals surface area contributed by atoms with Gasteiger partial charge < -0.3 is 15.2 Å². The molecule has 0 radical (unpaired) electrons. The molecule has 1 aromatic carbocycles. The lowest BCUT2D eigenvalue weighted by molar-refractivity contribution is 0.281. The van der Waals surface area contributed by atoms with E-state index < -0.39 is 0 Å². The molecule has 1 heterocycles. The highest BCUT2D eigenvalue weighted by Gasteiger charge is 2.01. The van der Waals surface area contributed by atoms with Gasteiger partial charge in [0.2, 0.25) is 0 Å². The summed E-state index contributed by atoms with van der Waals surface area (Å²) in [5, 5.41) is 12.3. The average molecular weight is 272 g/mol. The molecule has 2 aromatic rings. The summed E-state index contributed by atoms with van der Waals surface area (Å²) < 4.78 is 5.75. The van der Waals surface area contributed by atoms with Crippen LogP contribution < -0.4 is 10.1 Å². The van der Waals surface area contributed by atoms with Crippen LogP contribution in [-0.2, 0) is 13.2 Å². The topological polar surface area (TPSA) is 54.4 Å². The van der Waals surface area contributed by atoms with Crippen LogP contribution in [0, 0.1) is 0 Å². The number of rotatable bonds is 6. The lowest BCUT2D eigenvalue weighted by atomic mass is 10.2. The molecule has 1 aromatic heterocycles. The SMILES string of the molecule is CC(C)NCc1cncc(Oc2ccc(CO)cc2)c1. The van der Waals surface area contributed by atoms with Crippen molar-refractivity contribution in [1.82, 2.24) is 10.3 Å². The molecule has 4 heteroatoms. The molecule has 20 heavy (non-hydrogen) atoms. The van der Waals surface area contributed by atoms with Crippen LogP contribution in [0.3, 0.4) is 0 Å². The summed E-state index contributed by atoms with van der Waals surface area (Å²) in [4.78, 5) is 4.19. The minimum Gasteiger partial charge on any atom is -0.456 e. The van der Waals surface area contributed by atoms with Gasteiger partial charge in [-0.25, -0.2) is 0 Å². The van der Waals surface area contributed by atoms with Gasteiger partial charge in [-0.1, -0.05) is 26.0 Å². The number of pyridine rings is 1. The maximum atomic E-state index is 9.00. The van der Waals surface area contributed by atoms with Gasteiger partial charge in [-0.15, -0.1) is 0 Å². The monoisotopic (exact) mass is 272 g/mol. The zero-order valence-corrected chi connectivity index (χ0v) is 11.8. The standard InChI is InChI=1S/C16H20N2O2/c1-12(2)18-9-14-7-16(10-17-8-14)20-15-5-3-13(11-19)4-6-15/h3-8,10,12,18-19H,9,11H2,1-2H3. The van der Waals surface area contributed by atoms with E-state index in [9.17, 15) is 0 Å². The summed E-state index contributed by atoms with van der Waals surface area (Å²) in [6.45, 7) is 5.02. The number of hydrogen-bond donors (Lipinski definition) is 2. The van der Waals surface area contributed by atoms with Crippen molar-refractivity contribution in [1.29, 1.82) is 0 Å². The minimum atomic E-state index is 0.0399. The Kier molecular flexibility index (Phi) is 5.09. The van der Waals surface area contributed by atoms with E-state index in [1.54, 1.807) is 6.20 Å². The van der Waals surface area contributed by atoms with Gasteiger partial charge >= 0.3 is 0 Å². The van der Waals surface area contributed by atoms with Crippen molar-refractivity contribution < 1.29 is 9.84 Å². The Morgan fingerprint density at radius 3 is 2.50 bits per heavy atom. The molecule has 0 atom stereocenters. The number of aromatic nitrogens is 1. The molecule has 0 spiro atoms.